The topological polar surface area (TPSA) is 69.7 Å². The summed E-state index contributed by atoms with van der Waals surface area (Å²) in [5.41, 5.74) is 0. The van der Waals surface area contributed by atoms with Crippen LogP contribution in [0.1, 0.15) is 33.1 Å². The van der Waals surface area contributed by atoms with Gasteiger partial charge in [0.1, 0.15) is 6.29 Å². The lowest BCUT2D eigenvalue weighted by Crippen LogP contribution is -2.35. The van der Waals surface area contributed by atoms with Crippen LogP contribution in [0.4, 0.5) is 0 Å². The molecule has 0 bridgehead atoms. The second kappa shape index (κ2) is 7.13. The third-order valence-electron chi connectivity index (χ3n) is 3.11. The van der Waals surface area contributed by atoms with Gasteiger partial charge in [0.05, 0.1) is 13.2 Å². The molecule has 0 amide bonds. The molecule has 0 unspecified atom stereocenters. The summed E-state index contributed by atoms with van der Waals surface area (Å²) in [6.07, 6.45) is 2.86. The number of carbonyl (C=O) groups excluding carboxylic acids is 3. The quantitative estimate of drug-likeness (QED) is 0.372. The van der Waals surface area contributed by atoms with E-state index in [0.717, 1.165) is 19.1 Å². The average molecular weight is 256 g/mol. The molecule has 1 aliphatic carbocycles. The van der Waals surface area contributed by atoms with Crippen molar-refractivity contribution in [2.75, 3.05) is 13.2 Å². The lowest BCUT2D eigenvalue weighted by molar-refractivity contribution is -0.165. The number of esters is 2. The average Bonchev–Trinajstić information content (AvgIpc) is 3.13. The van der Waals surface area contributed by atoms with Crippen molar-refractivity contribution in [2.24, 2.45) is 17.8 Å². The van der Waals surface area contributed by atoms with Gasteiger partial charge in [0.25, 0.3) is 0 Å². The number of aldehydes is 1. The fourth-order valence-electron chi connectivity index (χ4n) is 2.15. The highest BCUT2D eigenvalue weighted by atomic mass is 16.6. The number of rotatable bonds is 8. The highest BCUT2D eigenvalue weighted by molar-refractivity contribution is 5.95. The van der Waals surface area contributed by atoms with Crippen LogP contribution in [0.5, 0.6) is 0 Å². The first-order chi connectivity index (χ1) is 8.65. The van der Waals surface area contributed by atoms with E-state index in [4.69, 9.17) is 9.47 Å². The zero-order valence-electron chi connectivity index (χ0n) is 10.9. The van der Waals surface area contributed by atoms with Crippen LogP contribution in [0, 0.1) is 17.8 Å². The Hall–Kier alpha value is -1.39. The third kappa shape index (κ3) is 3.82. The van der Waals surface area contributed by atoms with Gasteiger partial charge < -0.3 is 14.3 Å². The summed E-state index contributed by atoms with van der Waals surface area (Å²) in [5, 5.41) is 0. The molecule has 102 valence electrons. The molecule has 1 fully saturated rings. The Morgan fingerprint density at radius 2 is 1.67 bits per heavy atom. The molecule has 0 aromatic rings. The van der Waals surface area contributed by atoms with Crippen LogP contribution in [0.25, 0.3) is 0 Å². The third-order valence-corrected chi connectivity index (χ3v) is 3.11. The van der Waals surface area contributed by atoms with Crippen LogP contribution in [-0.4, -0.2) is 31.4 Å². The van der Waals surface area contributed by atoms with E-state index in [0.29, 0.717) is 0 Å². The number of carbonyl (C=O) groups is 3. The van der Waals surface area contributed by atoms with Crippen molar-refractivity contribution in [2.45, 2.75) is 33.1 Å². The largest absolute Gasteiger partial charge is 0.465 e. The van der Waals surface area contributed by atoms with E-state index in [1.54, 1.807) is 13.8 Å². The molecule has 0 N–H and O–H groups in total. The van der Waals surface area contributed by atoms with Crippen LogP contribution in [-0.2, 0) is 23.9 Å². The molecule has 0 saturated heterocycles. The molecule has 5 heteroatoms. The zero-order valence-corrected chi connectivity index (χ0v) is 10.9. The van der Waals surface area contributed by atoms with E-state index in [9.17, 15) is 14.4 Å². The van der Waals surface area contributed by atoms with E-state index < -0.39 is 17.9 Å². The SMILES string of the molecule is CCOC(=O)C(C(=O)OCC)[C@@H](CC=O)C1CC1. The van der Waals surface area contributed by atoms with Gasteiger partial charge in [-0.1, -0.05) is 0 Å². The maximum absolute atomic E-state index is 11.9. The second-order valence-electron chi connectivity index (χ2n) is 4.39. The van der Waals surface area contributed by atoms with E-state index in [2.05, 4.69) is 0 Å². The van der Waals surface area contributed by atoms with E-state index in [1.165, 1.54) is 0 Å². The van der Waals surface area contributed by atoms with Gasteiger partial charge in [-0.15, -0.1) is 0 Å². The Bertz CT molecular complexity index is 291. The Morgan fingerprint density at radius 1 is 1.17 bits per heavy atom. The molecule has 0 aliphatic heterocycles. The van der Waals surface area contributed by atoms with Gasteiger partial charge in [-0.05, 0) is 38.5 Å². The molecule has 5 nitrogen and oxygen atoms in total. The molecule has 0 aromatic carbocycles. The summed E-state index contributed by atoms with van der Waals surface area (Å²) in [6, 6.07) is 0. The molecule has 0 spiro atoms. The fraction of sp³-hybridized carbons (Fsp3) is 0.769. The summed E-state index contributed by atoms with van der Waals surface area (Å²) in [7, 11) is 0. The normalized spacial score (nSPS) is 16.2. The fourth-order valence-corrected chi connectivity index (χ4v) is 2.15. The lowest BCUT2D eigenvalue weighted by atomic mass is 9.85. The molecule has 18 heavy (non-hydrogen) atoms. The van der Waals surface area contributed by atoms with Crippen molar-refractivity contribution in [3.8, 4) is 0 Å². The number of hydrogen-bond donors (Lipinski definition) is 0. The molecule has 1 aliphatic rings. The first-order valence-electron chi connectivity index (χ1n) is 6.42. The maximum Gasteiger partial charge on any atom is 0.320 e. The van der Waals surface area contributed by atoms with Crippen molar-refractivity contribution in [3.63, 3.8) is 0 Å². The first-order valence-corrected chi connectivity index (χ1v) is 6.42. The van der Waals surface area contributed by atoms with Crippen molar-refractivity contribution in [1.82, 2.24) is 0 Å². The molecule has 0 heterocycles. The Labute approximate surface area is 107 Å². The Kier molecular flexibility index (Phi) is 5.82. The second-order valence-corrected chi connectivity index (χ2v) is 4.39. The van der Waals surface area contributed by atoms with Crippen molar-refractivity contribution in [3.05, 3.63) is 0 Å². The standard InChI is InChI=1S/C13H20O5/c1-3-17-12(15)11(13(16)18-4-2)10(7-8-14)9-5-6-9/h8-11H,3-7H2,1-2H3/t10-/m0/s1. The molecule has 0 radical (unpaired) electrons. The van der Waals surface area contributed by atoms with Crippen molar-refractivity contribution >= 4 is 18.2 Å². The molecule has 0 aromatic heterocycles. The van der Waals surface area contributed by atoms with Gasteiger partial charge in [0.15, 0.2) is 5.92 Å². The number of hydrogen-bond acceptors (Lipinski definition) is 5. The predicted octanol–water partition coefficient (Wildman–Crippen LogP) is 1.34. The van der Waals surface area contributed by atoms with Gasteiger partial charge in [-0.3, -0.25) is 9.59 Å². The van der Waals surface area contributed by atoms with E-state index in [-0.39, 0.29) is 31.5 Å². The molecular formula is C13H20O5. The summed E-state index contributed by atoms with van der Waals surface area (Å²) >= 11 is 0. The van der Waals surface area contributed by atoms with E-state index >= 15 is 0 Å². The molecule has 1 atom stereocenters. The van der Waals surface area contributed by atoms with Crippen LogP contribution in [0.2, 0.25) is 0 Å². The summed E-state index contributed by atoms with van der Waals surface area (Å²) in [5.74, 6) is -2.12. The molecule has 1 saturated carbocycles. The van der Waals surface area contributed by atoms with Crippen LogP contribution >= 0.6 is 0 Å². The summed E-state index contributed by atoms with van der Waals surface area (Å²) in [4.78, 5) is 34.4. The molecular weight excluding hydrogens is 236 g/mol. The van der Waals surface area contributed by atoms with Gasteiger partial charge in [-0.25, -0.2) is 0 Å². The van der Waals surface area contributed by atoms with E-state index in [1.807, 2.05) is 0 Å². The minimum atomic E-state index is -0.956. The zero-order chi connectivity index (χ0) is 13.5. The minimum absolute atomic E-state index is 0.201. The monoisotopic (exact) mass is 256 g/mol. The smallest absolute Gasteiger partial charge is 0.320 e. The minimum Gasteiger partial charge on any atom is -0.465 e. The predicted molar refractivity (Wildman–Crippen MR) is 63.7 cm³/mol. The Morgan fingerprint density at radius 3 is 2.00 bits per heavy atom. The van der Waals surface area contributed by atoms with Gasteiger partial charge in [0.2, 0.25) is 0 Å². The lowest BCUT2D eigenvalue weighted by Gasteiger charge is -2.22. The van der Waals surface area contributed by atoms with Crippen LogP contribution in [0.3, 0.4) is 0 Å². The van der Waals surface area contributed by atoms with Crippen molar-refractivity contribution in [1.29, 1.82) is 0 Å². The number of ether oxygens (including phenoxy) is 2. The van der Waals surface area contributed by atoms with Crippen LogP contribution in [0.15, 0.2) is 0 Å². The van der Waals surface area contributed by atoms with Gasteiger partial charge in [0, 0.05) is 6.42 Å². The van der Waals surface area contributed by atoms with Gasteiger partial charge >= 0.3 is 11.9 Å². The summed E-state index contributed by atoms with van der Waals surface area (Å²) in [6.45, 7) is 3.80. The highest BCUT2D eigenvalue weighted by Crippen LogP contribution is 2.42. The maximum atomic E-state index is 11.9. The van der Waals surface area contributed by atoms with Gasteiger partial charge in [-0.2, -0.15) is 0 Å². The van der Waals surface area contributed by atoms with Crippen molar-refractivity contribution < 1.29 is 23.9 Å². The Balaban J connectivity index is 2.81. The first kappa shape index (κ1) is 14.7. The van der Waals surface area contributed by atoms with Crippen LogP contribution < -0.4 is 0 Å². The molecule has 1 rings (SSSR count). The summed E-state index contributed by atoms with van der Waals surface area (Å²) < 4.78 is 9.84. The highest BCUT2D eigenvalue weighted by Gasteiger charge is 2.44.